The number of aryl methyl sites for hydroxylation is 1. The number of rotatable bonds is 6. The summed E-state index contributed by atoms with van der Waals surface area (Å²) in [5, 5.41) is 12.4. The van der Waals surface area contributed by atoms with Crippen LogP contribution in [0.1, 0.15) is 31.7 Å². The van der Waals surface area contributed by atoms with Crippen LogP contribution in [0.4, 0.5) is 5.95 Å². The zero-order valence-electron chi connectivity index (χ0n) is 14.9. The Bertz CT molecular complexity index is 707. The maximum absolute atomic E-state index is 11.8. The average molecular weight is 359 g/mol. The molecule has 1 aliphatic rings. The van der Waals surface area contributed by atoms with Crippen LogP contribution in [0.2, 0.25) is 0 Å². The fourth-order valence-corrected chi connectivity index (χ4v) is 3.73. The van der Waals surface area contributed by atoms with Crippen molar-refractivity contribution in [3.8, 4) is 5.69 Å². The highest BCUT2D eigenvalue weighted by atomic mass is 32.2. The van der Waals surface area contributed by atoms with E-state index in [1.807, 2.05) is 6.92 Å². The molecule has 0 unspecified atom stereocenters. The van der Waals surface area contributed by atoms with Gasteiger partial charge in [0, 0.05) is 19.6 Å². The van der Waals surface area contributed by atoms with Gasteiger partial charge in [-0.1, -0.05) is 29.5 Å². The van der Waals surface area contributed by atoms with Crippen LogP contribution in [0, 0.1) is 6.92 Å². The number of nitrogens with zero attached hydrogens (tertiary/aromatic N) is 4. The van der Waals surface area contributed by atoms with E-state index in [-0.39, 0.29) is 5.91 Å². The monoisotopic (exact) mass is 359 g/mol. The highest BCUT2D eigenvalue weighted by Crippen LogP contribution is 2.28. The van der Waals surface area contributed by atoms with E-state index in [0.29, 0.717) is 12.3 Å². The van der Waals surface area contributed by atoms with Crippen LogP contribution in [0.3, 0.4) is 0 Å². The summed E-state index contributed by atoms with van der Waals surface area (Å²) in [5.74, 6) is 1.24. The van der Waals surface area contributed by atoms with Crippen molar-refractivity contribution >= 4 is 23.6 Å². The van der Waals surface area contributed by atoms with Crippen LogP contribution < -0.4 is 10.2 Å². The first-order valence-corrected chi connectivity index (χ1v) is 9.84. The molecule has 6 nitrogen and oxygen atoms in total. The normalized spacial score (nSPS) is 14.6. The zero-order valence-corrected chi connectivity index (χ0v) is 15.7. The molecule has 0 aliphatic carbocycles. The molecule has 2 heterocycles. The van der Waals surface area contributed by atoms with E-state index in [4.69, 9.17) is 0 Å². The Kier molecular flexibility index (Phi) is 5.96. The van der Waals surface area contributed by atoms with Crippen LogP contribution >= 0.6 is 11.8 Å². The van der Waals surface area contributed by atoms with Crippen LogP contribution in [0.15, 0.2) is 29.4 Å². The minimum atomic E-state index is 0.0190. The number of anilines is 1. The Hall–Kier alpha value is -2.02. The largest absolute Gasteiger partial charge is 0.356 e. The molecule has 0 radical (unpaired) electrons. The van der Waals surface area contributed by atoms with E-state index in [2.05, 4.69) is 56.2 Å². The smallest absolute Gasteiger partial charge is 0.232 e. The van der Waals surface area contributed by atoms with E-state index in [1.165, 1.54) is 36.6 Å². The van der Waals surface area contributed by atoms with Crippen molar-refractivity contribution < 1.29 is 4.79 Å². The Labute approximate surface area is 153 Å². The molecule has 1 saturated heterocycles. The number of thioether (sulfide) groups is 1. The first-order chi connectivity index (χ1) is 12.2. The molecule has 2 aromatic rings. The number of piperidine rings is 1. The van der Waals surface area contributed by atoms with Gasteiger partial charge in [0.05, 0.1) is 11.4 Å². The van der Waals surface area contributed by atoms with Gasteiger partial charge in [0.1, 0.15) is 0 Å². The summed E-state index contributed by atoms with van der Waals surface area (Å²) >= 11 is 1.43. The fourth-order valence-electron chi connectivity index (χ4n) is 2.95. The third-order valence-corrected chi connectivity index (χ3v) is 5.18. The maximum atomic E-state index is 11.8. The second kappa shape index (κ2) is 8.38. The molecule has 1 N–H and O–H groups in total. The van der Waals surface area contributed by atoms with E-state index >= 15 is 0 Å². The Balaban J connectivity index is 1.90. The average Bonchev–Trinajstić information content (AvgIpc) is 3.05. The van der Waals surface area contributed by atoms with Crippen molar-refractivity contribution in [1.82, 2.24) is 20.1 Å². The van der Waals surface area contributed by atoms with E-state index < -0.39 is 0 Å². The summed E-state index contributed by atoms with van der Waals surface area (Å²) < 4.78 is 2.08. The number of aromatic nitrogens is 3. The molecule has 1 aromatic carbocycles. The number of nitrogens with one attached hydrogen (secondary N) is 1. The number of hydrogen-bond donors (Lipinski definition) is 1. The van der Waals surface area contributed by atoms with Crippen molar-refractivity contribution in [3.63, 3.8) is 0 Å². The molecule has 0 bridgehead atoms. The number of benzene rings is 1. The second-order valence-electron chi connectivity index (χ2n) is 6.24. The van der Waals surface area contributed by atoms with Gasteiger partial charge in [-0.3, -0.25) is 9.36 Å². The topological polar surface area (TPSA) is 63.1 Å². The van der Waals surface area contributed by atoms with Crippen molar-refractivity contribution in [3.05, 3.63) is 29.8 Å². The molecule has 25 heavy (non-hydrogen) atoms. The van der Waals surface area contributed by atoms with Gasteiger partial charge >= 0.3 is 0 Å². The van der Waals surface area contributed by atoms with Crippen LogP contribution in [0.25, 0.3) is 5.69 Å². The highest BCUT2D eigenvalue weighted by Gasteiger charge is 2.21. The van der Waals surface area contributed by atoms with Crippen molar-refractivity contribution in [2.24, 2.45) is 0 Å². The Morgan fingerprint density at radius 2 is 1.88 bits per heavy atom. The summed E-state index contributed by atoms with van der Waals surface area (Å²) in [6.07, 6.45) is 3.64. The predicted molar refractivity (Wildman–Crippen MR) is 102 cm³/mol. The van der Waals surface area contributed by atoms with Gasteiger partial charge < -0.3 is 10.2 Å². The molecule has 0 saturated carbocycles. The first-order valence-electron chi connectivity index (χ1n) is 8.86. The third kappa shape index (κ3) is 4.34. The van der Waals surface area contributed by atoms with Crippen molar-refractivity contribution in [1.29, 1.82) is 0 Å². The molecule has 0 spiro atoms. The Morgan fingerprint density at radius 1 is 1.16 bits per heavy atom. The van der Waals surface area contributed by atoms with Gasteiger partial charge in [0.2, 0.25) is 11.9 Å². The molecule has 134 valence electrons. The minimum Gasteiger partial charge on any atom is -0.356 e. The van der Waals surface area contributed by atoms with E-state index in [0.717, 1.165) is 29.9 Å². The predicted octanol–water partition coefficient (Wildman–Crippen LogP) is 2.79. The Morgan fingerprint density at radius 3 is 2.56 bits per heavy atom. The summed E-state index contributed by atoms with van der Waals surface area (Å²) in [6, 6.07) is 8.35. The first kappa shape index (κ1) is 17.8. The minimum absolute atomic E-state index is 0.0190. The van der Waals surface area contributed by atoms with Gasteiger partial charge in [-0.25, -0.2) is 0 Å². The van der Waals surface area contributed by atoms with Gasteiger partial charge in [-0.15, -0.1) is 10.2 Å². The molecule has 7 heteroatoms. The third-order valence-electron chi connectivity index (χ3n) is 4.25. The molecule has 3 rings (SSSR count). The van der Waals surface area contributed by atoms with Crippen molar-refractivity contribution in [2.75, 3.05) is 30.3 Å². The molecule has 0 atom stereocenters. The van der Waals surface area contributed by atoms with Crippen LogP contribution in [0.5, 0.6) is 0 Å². The summed E-state index contributed by atoms with van der Waals surface area (Å²) in [4.78, 5) is 14.1. The van der Waals surface area contributed by atoms with Gasteiger partial charge in [0.25, 0.3) is 0 Å². The van der Waals surface area contributed by atoms with Gasteiger partial charge in [-0.05, 0) is 45.2 Å². The lowest BCUT2D eigenvalue weighted by Gasteiger charge is -2.27. The van der Waals surface area contributed by atoms with Gasteiger partial charge in [0.15, 0.2) is 5.16 Å². The van der Waals surface area contributed by atoms with Crippen molar-refractivity contribution in [2.45, 2.75) is 38.3 Å². The molecular formula is C18H25N5OS. The maximum Gasteiger partial charge on any atom is 0.232 e. The fraction of sp³-hybridized carbons (Fsp3) is 0.500. The zero-order chi connectivity index (χ0) is 17.6. The number of carbonyl (C=O) groups excluding carboxylic acids is 1. The molecule has 1 aliphatic heterocycles. The van der Waals surface area contributed by atoms with Crippen LogP contribution in [-0.2, 0) is 4.79 Å². The number of hydrogen-bond acceptors (Lipinski definition) is 5. The lowest BCUT2D eigenvalue weighted by atomic mass is 10.1. The van der Waals surface area contributed by atoms with Crippen LogP contribution in [-0.4, -0.2) is 46.1 Å². The number of carbonyl (C=O) groups is 1. The molecule has 1 amide bonds. The summed E-state index contributed by atoms with van der Waals surface area (Å²) in [7, 11) is 0. The highest BCUT2D eigenvalue weighted by molar-refractivity contribution is 7.99. The standard InChI is InChI=1S/C18H25N5OS/c1-3-19-16(24)13-25-18-21-20-17(22-11-5-4-6-12-22)23(18)15-9-7-14(2)8-10-15/h7-10H,3-6,11-13H2,1-2H3,(H,19,24). The van der Waals surface area contributed by atoms with Gasteiger partial charge in [-0.2, -0.15) is 0 Å². The molecule has 1 fully saturated rings. The molecular weight excluding hydrogens is 334 g/mol. The van der Waals surface area contributed by atoms with E-state index in [9.17, 15) is 4.79 Å². The molecule has 1 aromatic heterocycles. The van der Waals surface area contributed by atoms with E-state index in [1.54, 1.807) is 0 Å². The lowest BCUT2D eigenvalue weighted by Crippen LogP contribution is -2.31. The quantitative estimate of drug-likeness (QED) is 0.804. The SMILES string of the molecule is CCNC(=O)CSc1nnc(N2CCCCC2)n1-c1ccc(C)cc1. The summed E-state index contributed by atoms with van der Waals surface area (Å²) in [6.45, 7) is 6.65. The lowest BCUT2D eigenvalue weighted by molar-refractivity contribution is -0.118. The number of amides is 1. The summed E-state index contributed by atoms with van der Waals surface area (Å²) in [5.41, 5.74) is 2.25. The second-order valence-corrected chi connectivity index (χ2v) is 7.19.